The molecule has 0 saturated heterocycles. The van der Waals surface area contributed by atoms with E-state index in [1.54, 1.807) is 0 Å². The second-order valence-electron chi connectivity index (χ2n) is 6.10. The van der Waals surface area contributed by atoms with Crippen molar-refractivity contribution >= 4 is 10.9 Å². The van der Waals surface area contributed by atoms with E-state index in [1.165, 1.54) is 11.1 Å². The van der Waals surface area contributed by atoms with Crippen LogP contribution in [0.2, 0.25) is 0 Å². The summed E-state index contributed by atoms with van der Waals surface area (Å²) < 4.78 is 0. The van der Waals surface area contributed by atoms with Crippen LogP contribution in [0.5, 0.6) is 0 Å². The number of benzene rings is 3. The first kappa shape index (κ1) is 14.6. The van der Waals surface area contributed by atoms with Crippen molar-refractivity contribution in [2.24, 2.45) is 0 Å². The number of aromatic nitrogens is 2. The lowest BCUT2D eigenvalue weighted by Crippen LogP contribution is -1.97. The van der Waals surface area contributed by atoms with Gasteiger partial charge in [-0.2, -0.15) is 0 Å². The highest BCUT2D eigenvalue weighted by Crippen LogP contribution is 2.31. The first-order valence-electron chi connectivity index (χ1n) is 8.12. The van der Waals surface area contributed by atoms with Gasteiger partial charge in [-0.05, 0) is 31.0 Å². The quantitative estimate of drug-likeness (QED) is 0.483. The molecular formula is C22H18N2. The van der Waals surface area contributed by atoms with Crippen molar-refractivity contribution in [1.29, 1.82) is 0 Å². The summed E-state index contributed by atoms with van der Waals surface area (Å²) in [5, 5.41) is 1.13. The van der Waals surface area contributed by atoms with Gasteiger partial charge in [-0.15, -0.1) is 0 Å². The number of nitrogens with zero attached hydrogens (tertiary/aromatic N) is 2. The highest BCUT2D eigenvalue weighted by atomic mass is 14.9. The maximum atomic E-state index is 4.92. The third kappa shape index (κ3) is 2.56. The molecular weight excluding hydrogens is 292 g/mol. The van der Waals surface area contributed by atoms with Crippen LogP contribution < -0.4 is 0 Å². The minimum atomic E-state index is 0.770. The molecule has 1 heterocycles. The summed E-state index contributed by atoms with van der Waals surface area (Å²) in [6, 6.07) is 24.8. The van der Waals surface area contributed by atoms with E-state index in [0.717, 1.165) is 33.5 Å². The van der Waals surface area contributed by atoms with E-state index < -0.39 is 0 Å². The van der Waals surface area contributed by atoms with Crippen LogP contribution in [-0.4, -0.2) is 9.97 Å². The van der Waals surface area contributed by atoms with Gasteiger partial charge in [0.25, 0.3) is 0 Å². The molecule has 2 heteroatoms. The molecule has 0 saturated carbocycles. The second kappa shape index (κ2) is 5.89. The standard InChI is InChI=1S/C22H18N2/c1-15-13-16(2)20-19(14-15)23-22(18-11-7-4-8-12-18)24-21(20)17-9-5-3-6-10-17/h3-14H,1-2H3. The van der Waals surface area contributed by atoms with Gasteiger partial charge in [-0.3, -0.25) is 0 Å². The predicted molar refractivity (Wildman–Crippen MR) is 99.9 cm³/mol. The lowest BCUT2D eigenvalue weighted by atomic mass is 10.00. The van der Waals surface area contributed by atoms with Crippen molar-refractivity contribution in [2.45, 2.75) is 13.8 Å². The van der Waals surface area contributed by atoms with Crippen LogP contribution in [0, 0.1) is 13.8 Å². The maximum absolute atomic E-state index is 4.92. The molecule has 0 radical (unpaired) electrons. The van der Waals surface area contributed by atoms with Crippen LogP contribution >= 0.6 is 0 Å². The monoisotopic (exact) mass is 310 g/mol. The van der Waals surface area contributed by atoms with Gasteiger partial charge < -0.3 is 0 Å². The van der Waals surface area contributed by atoms with Crippen LogP contribution in [0.1, 0.15) is 11.1 Å². The molecule has 0 unspecified atom stereocenters. The summed E-state index contributed by atoms with van der Waals surface area (Å²) in [5.74, 6) is 0.770. The number of aryl methyl sites for hydroxylation is 2. The SMILES string of the molecule is Cc1cc(C)c2c(-c3ccccc3)nc(-c3ccccc3)nc2c1. The fraction of sp³-hybridized carbons (Fsp3) is 0.0909. The summed E-state index contributed by atoms with van der Waals surface area (Å²) in [6.45, 7) is 4.24. The van der Waals surface area contributed by atoms with Gasteiger partial charge in [-0.1, -0.05) is 66.7 Å². The molecule has 0 spiro atoms. The lowest BCUT2D eigenvalue weighted by Gasteiger charge is -2.12. The number of fused-ring (bicyclic) bond motifs is 1. The number of hydrogen-bond donors (Lipinski definition) is 0. The zero-order valence-electron chi connectivity index (χ0n) is 13.8. The van der Waals surface area contributed by atoms with E-state index in [0.29, 0.717) is 0 Å². The molecule has 24 heavy (non-hydrogen) atoms. The molecule has 4 rings (SSSR count). The second-order valence-corrected chi connectivity index (χ2v) is 6.10. The maximum Gasteiger partial charge on any atom is 0.160 e. The van der Waals surface area contributed by atoms with E-state index in [2.05, 4.69) is 62.4 Å². The van der Waals surface area contributed by atoms with Crippen molar-refractivity contribution in [1.82, 2.24) is 9.97 Å². The predicted octanol–water partition coefficient (Wildman–Crippen LogP) is 5.58. The summed E-state index contributed by atoms with van der Waals surface area (Å²) in [4.78, 5) is 9.76. The first-order valence-corrected chi connectivity index (χ1v) is 8.12. The van der Waals surface area contributed by atoms with Crippen molar-refractivity contribution in [3.05, 3.63) is 83.9 Å². The van der Waals surface area contributed by atoms with Crippen LogP contribution in [0.3, 0.4) is 0 Å². The molecule has 0 bridgehead atoms. The third-order valence-electron chi connectivity index (χ3n) is 4.22. The first-order chi connectivity index (χ1) is 11.7. The number of hydrogen-bond acceptors (Lipinski definition) is 2. The van der Waals surface area contributed by atoms with E-state index >= 15 is 0 Å². The molecule has 0 aliphatic rings. The molecule has 0 atom stereocenters. The Kier molecular flexibility index (Phi) is 3.58. The molecule has 0 aliphatic heterocycles. The molecule has 4 aromatic rings. The van der Waals surface area contributed by atoms with Crippen molar-refractivity contribution in [3.63, 3.8) is 0 Å². The van der Waals surface area contributed by atoms with Gasteiger partial charge >= 0.3 is 0 Å². The molecule has 3 aromatic carbocycles. The smallest absolute Gasteiger partial charge is 0.160 e. The van der Waals surface area contributed by atoms with E-state index in [-0.39, 0.29) is 0 Å². The topological polar surface area (TPSA) is 25.8 Å². The Morgan fingerprint density at radius 1 is 0.667 bits per heavy atom. The van der Waals surface area contributed by atoms with Gasteiger partial charge in [0, 0.05) is 16.5 Å². The van der Waals surface area contributed by atoms with E-state index in [1.807, 2.05) is 24.3 Å². The van der Waals surface area contributed by atoms with Crippen LogP contribution in [-0.2, 0) is 0 Å². The highest BCUT2D eigenvalue weighted by molar-refractivity contribution is 5.96. The molecule has 0 fully saturated rings. The molecule has 2 nitrogen and oxygen atoms in total. The highest BCUT2D eigenvalue weighted by Gasteiger charge is 2.13. The largest absolute Gasteiger partial charge is 0.228 e. The average molecular weight is 310 g/mol. The van der Waals surface area contributed by atoms with Gasteiger partial charge in [0.2, 0.25) is 0 Å². The van der Waals surface area contributed by atoms with E-state index in [4.69, 9.17) is 9.97 Å². The Morgan fingerprint density at radius 3 is 1.96 bits per heavy atom. The fourth-order valence-electron chi connectivity index (χ4n) is 3.16. The summed E-state index contributed by atoms with van der Waals surface area (Å²) in [5.41, 5.74) is 6.59. The Bertz CT molecular complexity index is 1010. The minimum Gasteiger partial charge on any atom is -0.228 e. The zero-order chi connectivity index (χ0) is 16.5. The lowest BCUT2D eigenvalue weighted by molar-refractivity contribution is 1.22. The normalized spacial score (nSPS) is 10.9. The minimum absolute atomic E-state index is 0.770. The summed E-state index contributed by atoms with van der Waals surface area (Å²) in [7, 11) is 0. The van der Waals surface area contributed by atoms with Crippen LogP contribution in [0.4, 0.5) is 0 Å². The Balaban J connectivity index is 2.08. The Hall–Kier alpha value is -3.00. The van der Waals surface area contributed by atoms with Crippen molar-refractivity contribution in [3.8, 4) is 22.6 Å². The molecule has 0 amide bonds. The van der Waals surface area contributed by atoms with Gasteiger partial charge in [-0.25, -0.2) is 9.97 Å². The van der Waals surface area contributed by atoms with Crippen molar-refractivity contribution in [2.75, 3.05) is 0 Å². The summed E-state index contributed by atoms with van der Waals surface area (Å²) >= 11 is 0. The Morgan fingerprint density at radius 2 is 1.29 bits per heavy atom. The summed E-state index contributed by atoms with van der Waals surface area (Å²) in [6.07, 6.45) is 0. The fourth-order valence-corrected chi connectivity index (χ4v) is 3.16. The molecule has 1 aromatic heterocycles. The van der Waals surface area contributed by atoms with Crippen LogP contribution in [0.25, 0.3) is 33.5 Å². The van der Waals surface area contributed by atoms with Gasteiger partial charge in [0.05, 0.1) is 11.2 Å². The van der Waals surface area contributed by atoms with Gasteiger partial charge in [0.15, 0.2) is 5.82 Å². The Labute approximate surface area is 141 Å². The third-order valence-corrected chi connectivity index (χ3v) is 4.22. The molecule has 0 aliphatic carbocycles. The molecule has 116 valence electrons. The van der Waals surface area contributed by atoms with Crippen molar-refractivity contribution < 1.29 is 0 Å². The zero-order valence-corrected chi connectivity index (χ0v) is 13.8. The number of rotatable bonds is 2. The van der Waals surface area contributed by atoms with E-state index in [9.17, 15) is 0 Å². The van der Waals surface area contributed by atoms with Crippen LogP contribution in [0.15, 0.2) is 72.8 Å². The average Bonchev–Trinajstić information content (AvgIpc) is 2.62. The molecule has 0 N–H and O–H groups in total. The van der Waals surface area contributed by atoms with Gasteiger partial charge in [0.1, 0.15) is 0 Å².